The van der Waals surface area contributed by atoms with Crippen LogP contribution in [-0.2, 0) is 4.74 Å². The number of ether oxygens (including phenoxy) is 1. The smallest absolute Gasteiger partial charge is 0.0565 e. The summed E-state index contributed by atoms with van der Waals surface area (Å²) in [6.07, 6.45) is 1.78. The number of rotatable bonds is 6. The first-order valence-electron chi connectivity index (χ1n) is 4.75. The van der Waals surface area contributed by atoms with Crippen molar-refractivity contribution >= 4 is 0 Å². The van der Waals surface area contributed by atoms with Gasteiger partial charge in [-0.1, -0.05) is 20.8 Å². The Morgan fingerprint density at radius 1 is 1.25 bits per heavy atom. The topological polar surface area (TPSA) is 29.5 Å². The quantitative estimate of drug-likeness (QED) is 0.668. The van der Waals surface area contributed by atoms with Crippen molar-refractivity contribution in [3.8, 4) is 0 Å². The zero-order chi connectivity index (χ0) is 9.56. The molecule has 12 heavy (non-hydrogen) atoms. The van der Waals surface area contributed by atoms with E-state index in [0.29, 0.717) is 11.8 Å². The van der Waals surface area contributed by atoms with Crippen molar-refractivity contribution in [3.63, 3.8) is 0 Å². The lowest BCUT2D eigenvalue weighted by molar-refractivity contribution is 0.0902. The summed E-state index contributed by atoms with van der Waals surface area (Å²) in [6, 6.07) is 0. The average molecular weight is 174 g/mol. The molecule has 0 bridgehead atoms. The molecule has 0 aliphatic heterocycles. The summed E-state index contributed by atoms with van der Waals surface area (Å²) in [7, 11) is 1.71. The van der Waals surface area contributed by atoms with Crippen LogP contribution in [0.25, 0.3) is 0 Å². The van der Waals surface area contributed by atoms with Crippen molar-refractivity contribution in [1.29, 1.82) is 0 Å². The zero-order valence-corrected chi connectivity index (χ0v) is 8.71. The Labute approximate surface area is 75.9 Å². The van der Waals surface area contributed by atoms with Gasteiger partial charge < -0.3 is 9.84 Å². The van der Waals surface area contributed by atoms with E-state index in [0.717, 1.165) is 19.4 Å². The fourth-order valence-electron chi connectivity index (χ4n) is 1.12. The van der Waals surface area contributed by atoms with Gasteiger partial charge in [0.2, 0.25) is 0 Å². The highest BCUT2D eigenvalue weighted by atomic mass is 16.5. The molecule has 0 aromatic heterocycles. The van der Waals surface area contributed by atoms with Crippen molar-refractivity contribution in [1.82, 2.24) is 0 Å². The number of methoxy groups -OCH3 is 1. The lowest BCUT2D eigenvalue weighted by atomic mass is 9.94. The van der Waals surface area contributed by atoms with Crippen LogP contribution in [0.1, 0.15) is 33.6 Å². The average Bonchev–Trinajstić information content (AvgIpc) is 2.00. The second kappa shape index (κ2) is 6.44. The van der Waals surface area contributed by atoms with E-state index in [1.807, 2.05) is 13.8 Å². The third-order valence-electron chi connectivity index (χ3n) is 2.23. The molecule has 2 unspecified atom stereocenters. The Morgan fingerprint density at radius 3 is 2.25 bits per heavy atom. The normalized spacial score (nSPS) is 16.5. The number of hydrogen-bond donors (Lipinski definition) is 1. The SMILES string of the molecule is COCCC(C)CC(O)C(C)C. The standard InChI is InChI=1S/C10H22O2/c1-8(2)10(11)7-9(3)5-6-12-4/h8-11H,5-7H2,1-4H3. The third kappa shape index (κ3) is 5.56. The summed E-state index contributed by atoms with van der Waals surface area (Å²) in [5, 5.41) is 9.56. The third-order valence-corrected chi connectivity index (χ3v) is 2.23. The van der Waals surface area contributed by atoms with Gasteiger partial charge in [0, 0.05) is 13.7 Å². The molecule has 0 radical (unpaired) electrons. The van der Waals surface area contributed by atoms with Crippen LogP contribution >= 0.6 is 0 Å². The lowest BCUT2D eigenvalue weighted by Crippen LogP contribution is -2.18. The largest absolute Gasteiger partial charge is 0.393 e. The molecular formula is C10H22O2. The second-order valence-corrected chi connectivity index (χ2v) is 3.93. The molecule has 0 saturated carbocycles. The van der Waals surface area contributed by atoms with E-state index >= 15 is 0 Å². The van der Waals surface area contributed by atoms with Crippen LogP contribution in [0.5, 0.6) is 0 Å². The molecule has 0 amide bonds. The van der Waals surface area contributed by atoms with Gasteiger partial charge in [-0.25, -0.2) is 0 Å². The van der Waals surface area contributed by atoms with Gasteiger partial charge in [0.05, 0.1) is 6.10 Å². The first kappa shape index (κ1) is 11.9. The van der Waals surface area contributed by atoms with Crippen molar-refractivity contribution in [2.75, 3.05) is 13.7 Å². The summed E-state index contributed by atoms with van der Waals surface area (Å²) >= 11 is 0. The van der Waals surface area contributed by atoms with E-state index in [1.54, 1.807) is 7.11 Å². The summed E-state index contributed by atoms with van der Waals surface area (Å²) < 4.78 is 4.97. The molecule has 0 saturated heterocycles. The second-order valence-electron chi connectivity index (χ2n) is 3.93. The fraction of sp³-hybridized carbons (Fsp3) is 1.00. The van der Waals surface area contributed by atoms with Gasteiger partial charge >= 0.3 is 0 Å². The van der Waals surface area contributed by atoms with E-state index in [9.17, 15) is 5.11 Å². The highest BCUT2D eigenvalue weighted by Crippen LogP contribution is 2.15. The lowest BCUT2D eigenvalue weighted by Gasteiger charge is -2.18. The molecule has 0 aliphatic rings. The minimum atomic E-state index is -0.156. The molecule has 0 aliphatic carbocycles. The highest BCUT2D eigenvalue weighted by Gasteiger charge is 2.13. The van der Waals surface area contributed by atoms with Crippen LogP contribution in [0.3, 0.4) is 0 Å². The van der Waals surface area contributed by atoms with Crippen LogP contribution in [-0.4, -0.2) is 24.9 Å². The van der Waals surface area contributed by atoms with Gasteiger partial charge in [0.25, 0.3) is 0 Å². The maximum atomic E-state index is 9.56. The molecule has 2 heteroatoms. The highest BCUT2D eigenvalue weighted by molar-refractivity contribution is 4.64. The Hall–Kier alpha value is -0.0800. The molecule has 0 spiro atoms. The minimum absolute atomic E-state index is 0.156. The van der Waals surface area contributed by atoms with Gasteiger partial charge in [-0.3, -0.25) is 0 Å². The van der Waals surface area contributed by atoms with Crippen LogP contribution in [0.15, 0.2) is 0 Å². The summed E-state index contributed by atoms with van der Waals surface area (Å²) in [5.74, 6) is 0.928. The van der Waals surface area contributed by atoms with Gasteiger partial charge in [0.15, 0.2) is 0 Å². The first-order valence-corrected chi connectivity index (χ1v) is 4.75. The summed E-state index contributed by atoms with van der Waals surface area (Å²) in [5.41, 5.74) is 0. The van der Waals surface area contributed by atoms with Gasteiger partial charge in [-0.2, -0.15) is 0 Å². The van der Waals surface area contributed by atoms with E-state index in [-0.39, 0.29) is 6.10 Å². The van der Waals surface area contributed by atoms with Gasteiger partial charge in [-0.05, 0) is 24.7 Å². The van der Waals surface area contributed by atoms with E-state index in [4.69, 9.17) is 4.74 Å². The number of hydrogen-bond acceptors (Lipinski definition) is 2. The maximum Gasteiger partial charge on any atom is 0.0565 e. The molecule has 0 aromatic carbocycles. The number of aliphatic hydroxyl groups is 1. The molecule has 1 N–H and O–H groups in total. The van der Waals surface area contributed by atoms with Gasteiger partial charge in [-0.15, -0.1) is 0 Å². The van der Waals surface area contributed by atoms with Crippen molar-refractivity contribution in [2.45, 2.75) is 39.7 Å². The molecule has 2 atom stereocenters. The molecule has 0 fully saturated rings. The van der Waals surface area contributed by atoms with E-state index in [1.165, 1.54) is 0 Å². The molecule has 0 aromatic rings. The first-order chi connectivity index (χ1) is 5.57. The predicted octanol–water partition coefficient (Wildman–Crippen LogP) is 2.07. The van der Waals surface area contributed by atoms with Crippen molar-refractivity contribution < 1.29 is 9.84 Å². The maximum absolute atomic E-state index is 9.56. The van der Waals surface area contributed by atoms with Crippen molar-refractivity contribution in [2.24, 2.45) is 11.8 Å². The molecule has 0 heterocycles. The molecule has 74 valence electrons. The van der Waals surface area contributed by atoms with E-state index < -0.39 is 0 Å². The fourth-order valence-corrected chi connectivity index (χ4v) is 1.12. The van der Waals surface area contributed by atoms with E-state index in [2.05, 4.69) is 6.92 Å². The van der Waals surface area contributed by atoms with Gasteiger partial charge in [0.1, 0.15) is 0 Å². The Kier molecular flexibility index (Phi) is 6.39. The molecular weight excluding hydrogens is 152 g/mol. The van der Waals surface area contributed by atoms with Crippen molar-refractivity contribution in [3.05, 3.63) is 0 Å². The predicted molar refractivity (Wildman–Crippen MR) is 51.1 cm³/mol. The Morgan fingerprint density at radius 2 is 1.83 bits per heavy atom. The molecule has 2 nitrogen and oxygen atoms in total. The molecule has 0 rings (SSSR count). The number of aliphatic hydroxyl groups excluding tert-OH is 1. The summed E-state index contributed by atoms with van der Waals surface area (Å²) in [4.78, 5) is 0. The Balaban J connectivity index is 3.47. The monoisotopic (exact) mass is 174 g/mol. The van der Waals surface area contributed by atoms with Crippen LogP contribution in [0, 0.1) is 11.8 Å². The zero-order valence-electron chi connectivity index (χ0n) is 8.71. The summed E-state index contributed by atoms with van der Waals surface area (Å²) in [6.45, 7) is 7.05. The minimum Gasteiger partial charge on any atom is -0.393 e. The van der Waals surface area contributed by atoms with Crippen LogP contribution in [0.4, 0.5) is 0 Å². The Bertz CT molecular complexity index is 102. The van der Waals surface area contributed by atoms with Crippen LogP contribution < -0.4 is 0 Å². The van der Waals surface area contributed by atoms with Crippen LogP contribution in [0.2, 0.25) is 0 Å².